The number of nitrogens with zero attached hydrogens (tertiary/aromatic N) is 1. The van der Waals surface area contributed by atoms with E-state index in [1.165, 1.54) is 23.1 Å². The first-order valence-electron chi connectivity index (χ1n) is 5.20. The zero-order valence-corrected chi connectivity index (χ0v) is 9.77. The van der Waals surface area contributed by atoms with Crippen LogP contribution in [0.1, 0.15) is 24.2 Å². The van der Waals surface area contributed by atoms with Gasteiger partial charge in [0.05, 0.1) is 5.56 Å². The number of aromatic hydroxyl groups is 2. The number of benzene rings is 1. The van der Waals surface area contributed by atoms with Crippen LogP contribution >= 0.6 is 0 Å². The summed E-state index contributed by atoms with van der Waals surface area (Å²) in [6, 6.07) is 4.37. The third kappa shape index (κ3) is 2.66. The lowest BCUT2D eigenvalue weighted by Gasteiger charge is -2.19. The minimum Gasteiger partial charge on any atom is -0.504 e. The number of phenolic OH excluding ortho intramolecular Hbond substituents is 2. The van der Waals surface area contributed by atoms with Gasteiger partial charge in [0, 0.05) is 13.6 Å². The van der Waals surface area contributed by atoms with Gasteiger partial charge in [0.25, 0.3) is 5.91 Å². The van der Waals surface area contributed by atoms with Crippen molar-refractivity contribution in [2.45, 2.75) is 13.8 Å². The summed E-state index contributed by atoms with van der Waals surface area (Å²) in [6.07, 6.45) is 0. The Bertz CT molecular complexity index is 388. The van der Waals surface area contributed by atoms with Gasteiger partial charge in [0.15, 0.2) is 11.5 Å². The largest absolute Gasteiger partial charge is 0.504 e. The molecule has 1 rings (SSSR count). The highest BCUT2D eigenvalue weighted by molar-refractivity contribution is 5.97. The molecule has 4 nitrogen and oxygen atoms in total. The van der Waals surface area contributed by atoms with E-state index in [-0.39, 0.29) is 23.0 Å². The Balaban J connectivity index is 2.92. The molecule has 0 radical (unpaired) electrons. The highest BCUT2D eigenvalue weighted by Gasteiger charge is 2.18. The van der Waals surface area contributed by atoms with Gasteiger partial charge in [-0.25, -0.2) is 0 Å². The second kappa shape index (κ2) is 4.88. The molecule has 1 aromatic carbocycles. The van der Waals surface area contributed by atoms with E-state index in [1.54, 1.807) is 7.05 Å². The average Bonchev–Trinajstić information content (AvgIpc) is 2.20. The number of carbonyl (C=O) groups excluding carboxylic acids is 1. The van der Waals surface area contributed by atoms with Crippen molar-refractivity contribution in [3.8, 4) is 11.5 Å². The molecule has 0 fully saturated rings. The van der Waals surface area contributed by atoms with Crippen LogP contribution in [0.4, 0.5) is 0 Å². The molecule has 0 saturated carbocycles. The standard InChI is InChI=1S/C12H17NO3/c1-8(2)7-13(3)12(16)9-5-4-6-10(14)11(9)15/h4-6,8,14-15H,7H2,1-3H3. The molecule has 0 unspecified atom stereocenters. The van der Waals surface area contributed by atoms with E-state index in [4.69, 9.17) is 0 Å². The molecule has 0 bridgehead atoms. The summed E-state index contributed by atoms with van der Waals surface area (Å²) in [5.41, 5.74) is 0.128. The summed E-state index contributed by atoms with van der Waals surface area (Å²) in [6.45, 7) is 4.62. The van der Waals surface area contributed by atoms with Gasteiger partial charge < -0.3 is 15.1 Å². The number of carbonyl (C=O) groups is 1. The minimum absolute atomic E-state index is 0.128. The Hall–Kier alpha value is -1.71. The van der Waals surface area contributed by atoms with Crippen LogP contribution in [0.5, 0.6) is 11.5 Å². The zero-order valence-electron chi connectivity index (χ0n) is 9.77. The molecule has 0 aliphatic heterocycles. The van der Waals surface area contributed by atoms with E-state index < -0.39 is 0 Å². The summed E-state index contributed by atoms with van der Waals surface area (Å²) in [5, 5.41) is 18.8. The predicted molar refractivity (Wildman–Crippen MR) is 61.6 cm³/mol. The molecule has 0 spiro atoms. The maximum Gasteiger partial charge on any atom is 0.257 e. The molecule has 88 valence electrons. The first kappa shape index (κ1) is 12.4. The van der Waals surface area contributed by atoms with Gasteiger partial charge in [-0.3, -0.25) is 4.79 Å². The van der Waals surface area contributed by atoms with Crippen LogP contribution in [-0.4, -0.2) is 34.6 Å². The quantitative estimate of drug-likeness (QED) is 0.768. The number of para-hydroxylation sites is 1. The Kier molecular flexibility index (Phi) is 3.77. The van der Waals surface area contributed by atoms with Crippen molar-refractivity contribution in [1.29, 1.82) is 0 Å². The number of rotatable bonds is 3. The van der Waals surface area contributed by atoms with Gasteiger partial charge in [-0.1, -0.05) is 19.9 Å². The molecular weight excluding hydrogens is 206 g/mol. The van der Waals surface area contributed by atoms with E-state index in [0.717, 1.165) is 0 Å². The summed E-state index contributed by atoms with van der Waals surface area (Å²) < 4.78 is 0. The average molecular weight is 223 g/mol. The number of hydrogen-bond donors (Lipinski definition) is 2. The van der Waals surface area contributed by atoms with Gasteiger partial charge in [-0.05, 0) is 18.1 Å². The van der Waals surface area contributed by atoms with Crippen molar-refractivity contribution in [2.24, 2.45) is 5.92 Å². The van der Waals surface area contributed by atoms with Crippen molar-refractivity contribution in [1.82, 2.24) is 4.90 Å². The molecule has 16 heavy (non-hydrogen) atoms. The van der Waals surface area contributed by atoms with Crippen molar-refractivity contribution >= 4 is 5.91 Å². The summed E-state index contributed by atoms with van der Waals surface area (Å²) in [5.74, 6) is -0.567. The van der Waals surface area contributed by atoms with Crippen LogP contribution in [0.25, 0.3) is 0 Å². The fraction of sp³-hybridized carbons (Fsp3) is 0.417. The maximum absolute atomic E-state index is 11.9. The lowest BCUT2D eigenvalue weighted by atomic mass is 10.1. The van der Waals surface area contributed by atoms with Gasteiger partial charge >= 0.3 is 0 Å². The Morgan fingerprint density at radius 1 is 1.38 bits per heavy atom. The van der Waals surface area contributed by atoms with Crippen LogP contribution in [0, 0.1) is 5.92 Å². The first-order chi connectivity index (χ1) is 7.43. The van der Waals surface area contributed by atoms with Crippen LogP contribution in [0.2, 0.25) is 0 Å². The smallest absolute Gasteiger partial charge is 0.257 e. The lowest BCUT2D eigenvalue weighted by molar-refractivity contribution is 0.0775. The normalized spacial score (nSPS) is 10.5. The summed E-state index contributed by atoms with van der Waals surface area (Å²) in [4.78, 5) is 13.4. The summed E-state index contributed by atoms with van der Waals surface area (Å²) in [7, 11) is 1.67. The number of phenols is 2. The second-order valence-electron chi connectivity index (χ2n) is 4.25. The number of hydrogen-bond acceptors (Lipinski definition) is 3. The molecule has 1 amide bonds. The highest BCUT2D eigenvalue weighted by atomic mass is 16.3. The van der Waals surface area contributed by atoms with Gasteiger partial charge in [0.1, 0.15) is 0 Å². The molecule has 0 heterocycles. The summed E-state index contributed by atoms with van der Waals surface area (Å²) >= 11 is 0. The molecular formula is C12H17NO3. The van der Waals surface area contributed by atoms with Crippen LogP contribution in [0.15, 0.2) is 18.2 Å². The van der Waals surface area contributed by atoms with Gasteiger partial charge in [-0.15, -0.1) is 0 Å². The topological polar surface area (TPSA) is 60.8 Å². The molecule has 0 aromatic heterocycles. The molecule has 0 aliphatic rings. The molecule has 0 atom stereocenters. The van der Waals surface area contributed by atoms with E-state index in [0.29, 0.717) is 12.5 Å². The molecule has 4 heteroatoms. The fourth-order valence-corrected chi connectivity index (χ4v) is 1.54. The monoisotopic (exact) mass is 223 g/mol. The lowest BCUT2D eigenvalue weighted by Crippen LogP contribution is -2.30. The van der Waals surface area contributed by atoms with Crippen LogP contribution in [-0.2, 0) is 0 Å². The van der Waals surface area contributed by atoms with Gasteiger partial charge in [0.2, 0.25) is 0 Å². The third-order valence-corrected chi connectivity index (χ3v) is 2.23. The second-order valence-corrected chi connectivity index (χ2v) is 4.25. The maximum atomic E-state index is 11.9. The van der Waals surface area contributed by atoms with E-state index in [9.17, 15) is 15.0 Å². The van der Waals surface area contributed by atoms with Crippen molar-refractivity contribution in [3.05, 3.63) is 23.8 Å². The van der Waals surface area contributed by atoms with E-state index in [1.807, 2.05) is 13.8 Å². The van der Waals surface area contributed by atoms with Crippen molar-refractivity contribution in [3.63, 3.8) is 0 Å². The minimum atomic E-state index is -0.358. The Morgan fingerprint density at radius 2 is 2.00 bits per heavy atom. The molecule has 0 saturated heterocycles. The van der Waals surface area contributed by atoms with E-state index >= 15 is 0 Å². The highest BCUT2D eigenvalue weighted by Crippen LogP contribution is 2.28. The number of amides is 1. The Labute approximate surface area is 95.1 Å². The third-order valence-electron chi connectivity index (χ3n) is 2.23. The van der Waals surface area contributed by atoms with Crippen molar-refractivity contribution in [2.75, 3.05) is 13.6 Å². The molecule has 0 aliphatic carbocycles. The van der Waals surface area contributed by atoms with Gasteiger partial charge in [-0.2, -0.15) is 0 Å². The van der Waals surface area contributed by atoms with Crippen molar-refractivity contribution < 1.29 is 15.0 Å². The molecule has 2 N–H and O–H groups in total. The zero-order chi connectivity index (χ0) is 12.3. The first-order valence-corrected chi connectivity index (χ1v) is 5.20. The van der Waals surface area contributed by atoms with E-state index in [2.05, 4.69) is 0 Å². The SMILES string of the molecule is CC(C)CN(C)C(=O)c1cccc(O)c1O. The van der Waals surface area contributed by atoms with Crippen LogP contribution in [0.3, 0.4) is 0 Å². The predicted octanol–water partition coefficient (Wildman–Crippen LogP) is 1.83. The fourth-order valence-electron chi connectivity index (χ4n) is 1.54. The Morgan fingerprint density at radius 3 is 2.56 bits per heavy atom. The molecule has 1 aromatic rings. The van der Waals surface area contributed by atoms with Crippen LogP contribution < -0.4 is 0 Å².